The topological polar surface area (TPSA) is 38.1 Å². The zero-order valence-corrected chi connectivity index (χ0v) is 11.7. The van der Waals surface area contributed by atoms with Gasteiger partial charge in [0, 0.05) is 38.3 Å². The van der Waals surface area contributed by atoms with Gasteiger partial charge in [-0.3, -0.25) is 9.48 Å². The average Bonchev–Trinajstić information content (AvgIpc) is 2.82. The summed E-state index contributed by atoms with van der Waals surface area (Å²) >= 11 is 0. The van der Waals surface area contributed by atoms with Crippen LogP contribution in [0.25, 0.3) is 0 Å². The van der Waals surface area contributed by atoms with E-state index in [1.807, 2.05) is 25.2 Å². The van der Waals surface area contributed by atoms with Crippen molar-refractivity contribution in [2.45, 2.75) is 13.0 Å². The van der Waals surface area contributed by atoms with Crippen LogP contribution in [0.15, 0.2) is 36.7 Å². The second kappa shape index (κ2) is 6.43. The fourth-order valence-corrected chi connectivity index (χ4v) is 2.06. The third-order valence-electron chi connectivity index (χ3n) is 3.11. The summed E-state index contributed by atoms with van der Waals surface area (Å²) in [6.07, 6.45) is 4.04. The number of aryl methyl sites for hydroxylation is 1. The zero-order chi connectivity index (χ0) is 14.5. The highest BCUT2D eigenvalue weighted by Gasteiger charge is 2.12. The highest BCUT2D eigenvalue weighted by atomic mass is 19.1. The minimum absolute atomic E-state index is 0.166. The highest BCUT2D eigenvalue weighted by molar-refractivity contribution is 5.96. The van der Waals surface area contributed by atoms with Gasteiger partial charge >= 0.3 is 0 Å². The number of benzene rings is 1. The van der Waals surface area contributed by atoms with Crippen LogP contribution in [0.1, 0.15) is 22.3 Å². The smallest absolute Gasteiger partial charge is 0.167 e. The van der Waals surface area contributed by atoms with Gasteiger partial charge in [-0.25, -0.2) is 4.39 Å². The van der Waals surface area contributed by atoms with Crippen LogP contribution in [0.2, 0.25) is 0 Å². The Morgan fingerprint density at radius 2 is 2.15 bits per heavy atom. The first kappa shape index (κ1) is 14.4. The number of carbonyl (C=O) groups is 1. The summed E-state index contributed by atoms with van der Waals surface area (Å²) in [5.41, 5.74) is 1.26. The quantitative estimate of drug-likeness (QED) is 0.759. The van der Waals surface area contributed by atoms with Crippen molar-refractivity contribution in [3.05, 3.63) is 53.6 Å². The summed E-state index contributed by atoms with van der Waals surface area (Å²) in [6.45, 7) is 1.31. The van der Waals surface area contributed by atoms with Crippen LogP contribution in [-0.2, 0) is 13.6 Å². The van der Waals surface area contributed by atoms with E-state index in [1.54, 1.807) is 23.0 Å². The molecule has 0 saturated carbocycles. The number of halogens is 1. The molecule has 4 nitrogen and oxygen atoms in total. The van der Waals surface area contributed by atoms with E-state index in [0.717, 1.165) is 12.1 Å². The molecule has 1 aromatic heterocycles. The summed E-state index contributed by atoms with van der Waals surface area (Å²) in [7, 11) is 3.80. The predicted molar refractivity (Wildman–Crippen MR) is 74.9 cm³/mol. The Hall–Kier alpha value is -2.01. The van der Waals surface area contributed by atoms with E-state index in [1.165, 1.54) is 12.1 Å². The molecule has 0 aliphatic rings. The molecule has 2 aromatic rings. The molecule has 1 heterocycles. The number of nitrogens with zero attached hydrogens (tertiary/aromatic N) is 3. The molecule has 2 rings (SSSR count). The number of carbonyl (C=O) groups excluding carboxylic acids is 1. The van der Waals surface area contributed by atoms with Crippen molar-refractivity contribution in [1.82, 2.24) is 14.7 Å². The van der Waals surface area contributed by atoms with Crippen LogP contribution in [0.5, 0.6) is 0 Å². The maximum absolute atomic E-state index is 13.5. The maximum atomic E-state index is 13.5. The van der Waals surface area contributed by atoms with Gasteiger partial charge < -0.3 is 4.90 Å². The molecule has 0 bridgehead atoms. The highest BCUT2D eigenvalue weighted by Crippen LogP contribution is 2.10. The molecule has 106 valence electrons. The lowest BCUT2D eigenvalue weighted by atomic mass is 10.1. The lowest BCUT2D eigenvalue weighted by Crippen LogP contribution is -2.21. The van der Waals surface area contributed by atoms with Gasteiger partial charge in [0.1, 0.15) is 5.82 Å². The standard InChI is InChI=1S/C15H18FN3O/c1-18(10-12-9-17-19(2)11-12)8-7-15(20)13-5-3-4-6-14(13)16/h3-6,9,11H,7-8,10H2,1-2H3. The SMILES string of the molecule is CN(CCC(=O)c1ccccc1F)Cc1cnn(C)c1. The first-order valence-electron chi connectivity index (χ1n) is 6.50. The fraction of sp³-hybridized carbons (Fsp3) is 0.333. The predicted octanol–water partition coefficient (Wildman–Crippen LogP) is 2.26. The van der Waals surface area contributed by atoms with Gasteiger partial charge in [-0.15, -0.1) is 0 Å². The molecular weight excluding hydrogens is 257 g/mol. The van der Waals surface area contributed by atoms with Gasteiger partial charge in [0.2, 0.25) is 0 Å². The molecule has 20 heavy (non-hydrogen) atoms. The van der Waals surface area contributed by atoms with E-state index in [4.69, 9.17) is 0 Å². The molecule has 5 heteroatoms. The number of rotatable bonds is 6. The second-order valence-corrected chi connectivity index (χ2v) is 4.91. The van der Waals surface area contributed by atoms with Gasteiger partial charge in [-0.2, -0.15) is 5.10 Å². The normalized spacial score (nSPS) is 11.0. The van der Waals surface area contributed by atoms with E-state index in [0.29, 0.717) is 13.0 Å². The minimum atomic E-state index is -0.451. The van der Waals surface area contributed by atoms with Crippen molar-refractivity contribution in [1.29, 1.82) is 0 Å². The van der Waals surface area contributed by atoms with Crippen LogP contribution < -0.4 is 0 Å². The fourth-order valence-electron chi connectivity index (χ4n) is 2.06. The number of aromatic nitrogens is 2. The van der Waals surface area contributed by atoms with E-state index in [2.05, 4.69) is 5.10 Å². The second-order valence-electron chi connectivity index (χ2n) is 4.91. The van der Waals surface area contributed by atoms with Gasteiger partial charge in [0.25, 0.3) is 0 Å². The molecule has 0 spiro atoms. The van der Waals surface area contributed by atoms with E-state index >= 15 is 0 Å². The molecule has 0 radical (unpaired) electrons. The lowest BCUT2D eigenvalue weighted by Gasteiger charge is -2.14. The summed E-state index contributed by atoms with van der Waals surface area (Å²) < 4.78 is 15.2. The van der Waals surface area contributed by atoms with Crippen LogP contribution in [0, 0.1) is 5.82 Å². The summed E-state index contributed by atoms with van der Waals surface area (Å²) in [6, 6.07) is 6.10. The molecule has 0 saturated heterocycles. The van der Waals surface area contributed by atoms with Crippen molar-refractivity contribution in [2.75, 3.05) is 13.6 Å². The first-order chi connectivity index (χ1) is 9.56. The lowest BCUT2D eigenvalue weighted by molar-refractivity contribution is 0.0964. The van der Waals surface area contributed by atoms with Crippen molar-refractivity contribution in [2.24, 2.45) is 7.05 Å². The maximum Gasteiger partial charge on any atom is 0.167 e. The van der Waals surface area contributed by atoms with Gasteiger partial charge in [-0.05, 0) is 19.2 Å². The Labute approximate surface area is 117 Å². The van der Waals surface area contributed by atoms with Crippen molar-refractivity contribution in [3.63, 3.8) is 0 Å². The molecule has 0 aliphatic heterocycles. The number of ketones is 1. The molecule has 0 amide bonds. The number of hydrogen-bond acceptors (Lipinski definition) is 3. The van der Waals surface area contributed by atoms with Crippen LogP contribution in [-0.4, -0.2) is 34.1 Å². The Morgan fingerprint density at radius 1 is 1.40 bits per heavy atom. The van der Waals surface area contributed by atoms with Crippen LogP contribution in [0.3, 0.4) is 0 Å². The molecule has 0 N–H and O–H groups in total. The Morgan fingerprint density at radius 3 is 2.80 bits per heavy atom. The van der Waals surface area contributed by atoms with Crippen molar-refractivity contribution < 1.29 is 9.18 Å². The Kier molecular flexibility index (Phi) is 4.63. The van der Waals surface area contributed by atoms with Crippen LogP contribution in [0.4, 0.5) is 4.39 Å². The average molecular weight is 275 g/mol. The third kappa shape index (κ3) is 3.74. The molecule has 1 aromatic carbocycles. The van der Waals surface area contributed by atoms with Crippen molar-refractivity contribution in [3.8, 4) is 0 Å². The largest absolute Gasteiger partial charge is 0.302 e. The van der Waals surface area contributed by atoms with Gasteiger partial charge in [0.15, 0.2) is 5.78 Å². The van der Waals surface area contributed by atoms with Crippen LogP contribution >= 0.6 is 0 Å². The first-order valence-corrected chi connectivity index (χ1v) is 6.50. The summed E-state index contributed by atoms with van der Waals surface area (Å²) in [5, 5.41) is 4.10. The molecular formula is C15H18FN3O. The van der Waals surface area contributed by atoms with Crippen molar-refractivity contribution >= 4 is 5.78 Å². The van der Waals surface area contributed by atoms with E-state index < -0.39 is 5.82 Å². The molecule has 0 aliphatic carbocycles. The summed E-state index contributed by atoms with van der Waals surface area (Å²) in [4.78, 5) is 14.0. The molecule has 0 unspecified atom stereocenters. The van der Waals surface area contributed by atoms with Gasteiger partial charge in [-0.1, -0.05) is 12.1 Å². The molecule has 0 fully saturated rings. The monoisotopic (exact) mass is 275 g/mol. The Balaban J connectivity index is 1.85. The molecule has 0 atom stereocenters. The third-order valence-corrected chi connectivity index (χ3v) is 3.11. The van der Waals surface area contributed by atoms with E-state index in [-0.39, 0.29) is 11.3 Å². The number of hydrogen-bond donors (Lipinski definition) is 0. The zero-order valence-electron chi connectivity index (χ0n) is 11.7. The van der Waals surface area contributed by atoms with Gasteiger partial charge in [0.05, 0.1) is 11.8 Å². The number of Topliss-reactive ketones (excluding diaryl/α,β-unsaturated/α-hetero) is 1. The van der Waals surface area contributed by atoms with E-state index in [9.17, 15) is 9.18 Å². The Bertz CT molecular complexity index is 594. The summed E-state index contributed by atoms with van der Waals surface area (Å²) in [5.74, 6) is -0.617. The minimum Gasteiger partial charge on any atom is -0.302 e.